The fraction of sp³-hybridized carbons (Fsp3) is 0.647. The molecule has 0 spiro atoms. The van der Waals surface area contributed by atoms with E-state index in [1.807, 2.05) is 6.07 Å². The van der Waals surface area contributed by atoms with Crippen LogP contribution in [0.4, 0.5) is 0 Å². The molecule has 1 aliphatic rings. The van der Waals surface area contributed by atoms with Crippen molar-refractivity contribution in [3.63, 3.8) is 0 Å². The van der Waals surface area contributed by atoms with Gasteiger partial charge in [0.15, 0.2) is 0 Å². The molecule has 0 saturated heterocycles. The van der Waals surface area contributed by atoms with Crippen LogP contribution in [0.5, 0.6) is 0 Å². The average Bonchev–Trinajstić information content (AvgIpc) is 2.48. The van der Waals surface area contributed by atoms with E-state index < -0.39 is 0 Å². The van der Waals surface area contributed by atoms with E-state index in [1.54, 1.807) is 0 Å². The predicted molar refractivity (Wildman–Crippen MR) is 84.3 cm³/mol. The molecule has 108 valence electrons. The summed E-state index contributed by atoms with van der Waals surface area (Å²) in [5.74, 6) is 0.990. The SMILES string of the molecule is CCNCc1ccccc1.CNCC1CCCCC1. The lowest BCUT2D eigenvalue weighted by Gasteiger charge is -2.20. The van der Waals surface area contributed by atoms with Crippen molar-refractivity contribution < 1.29 is 0 Å². The Kier molecular flexibility index (Phi) is 9.38. The van der Waals surface area contributed by atoms with E-state index in [-0.39, 0.29) is 0 Å². The second kappa shape index (κ2) is 11.0. The highest BCUT2D eigenvalue weighted by atomic mass is 14.8. The van der Waals surface area contributed by atoms with Gasteiger partial charge in [0, 0.05) is 6.54 Å². The number of hydrogen-bond donors (Lipinski definition) is 2. The first-order valence-corrected chi connectivity index (χ1v) is 7.76. The normalized spacial score (nSPS) is 15.7. The van der Waals surface area contributed by atoms with E-state index in [0.29, 0.717) is 0 Å². The third-order valence-electron chi connectivity index (χ3n) is 3.64. The van der Waals surface area contributed by atoms with Crippen molar-refractivity contribution in [3.8, 4) is 0 Å². The molecular formula is C17H30N2. The molecule has 2 N–H and O–H groups in total. The van der Waals surface area contributed by atoms with Crippen LogP contribution in [-0.2, 0) is 6.54 Å². The molecule has 1 aliphatic carbocycles. The third kappa shape index (κ3) is 8.02. The van der Waals surface area contributed by atoms with Crippen LogP contribution < -0.4 is 10.6 Å². The molecule has 1 aromatic carbocycles. The largest absolute Gasteiger partial charge is 0.319 e. The standard InChI is InChI=1S/C9H13N.C8H17N/c1-2-10-8-9-6-4-3-5-7-9;1-9-7-8-5-3-2-4-6-8/h3-7,10H,2,8H2,1H3;8-9H,2-7H2,1H3. The topological polar surface area (TPSA) is 24.1 Å². The van der Waals surface area contributed by atoms with Crippen LogP contribution in [0.2, 0.25) is 0 Å². The van der Waals surface area contributed by atoms with Crippen molar-refractivity contribution in [3.05, 3.63) is 35.9 Å². The van der Waals surface area contributed by atoms with Gasteiger partial charge in [-0.05, 0) is 44.5 Å². The van der Waals surface area contributed by atoms with E-state index in [2.05, 4.69) is 48.9 Å². The number of nitrogens with one attached hydrogen (secondary N) is 2. The number of hydrogen-bond acceptors (Lipinski definition) is 2. The van der Waals surface area contributed by atoms with E-state index in [1.165, 1.54) is 44.2 Å². The Balaban J connectivity index is 0.000000191. The van der Waals surface area contributed by atoms with Crippen LogP contribution in [0.15, 0.2) is 30.3 Å². The monoisotopic (exact) mass is 262 g/mol. The zero-order valence-corrected chi connectivity index (χ0v) is 12.6. The summed E-state index contributed by atoms with van der Waals surface area (Å²) in [5, 5.41) is 6.50. The van der Waals surface area contributed by atoms with Crippen LogP contribution in [0.25, 0.3) is 0 Å². The van der Waals surface area contributed by atoms with Crippen LogP contribution >= 0.6 is 0 Å². The summed E-state index contributed by atoms with van der Waals surface area (Å²) < 4.78 is 0. The first kappa shape index (κ1) is 16.2. The molecule has 0 bridgehead atoms. The second-order valence-electron chi connectivity index (χ2n) is 5.33. The van der Waals surface area contributed by atoms with Gasteiger partial charge in [-0.2, -0.15) is 0 Å². The molecule has 1 aromatic rings. The van der Waals surface area contributed by atoms with Crippen molar-refractivity contribution in [1.82, 2.24) is 10.6 Å². The Hall–Kier alpha value is -0.860. The summed E-state index contributed by atoms with van der Waals surface area (Å²) >= 11 is 0. The minimum Gasteiger partial charge on any atom is -0.319 e. The molecule has 19 heavy (non-hydrogen) atoms. The van der Waals surface area contributed by atoms with Crippen LogP contribution in [-0.4, -0.2) is 20.1 Å². The van der Waals surface area contributed by atoms with Gasteiger partial charge in [0.05, 0.1) is 0 Å². The molecule has 1 saturated carbocycles. The van der Waals surface area contributed by atoms with Gasteiger partial charge < -0.3 is 10.6 Å². The smallest absolute Gasteiger partial charge is 0.0205 e. The molecular weight excluding hydrogens is 232 g/mol. The quantitative estimate of drug-likeness (QED) is 0.847. The van der Waals surface area contributed by atoms with Gasteiger partial charge in [-0.1, -0.05) is 56.5 Å². The molecule has 0 atom stereocenters. The minimum atomic E-state index is 0.983. The average molecular weight is 262 g/mol. The fourth-order valence-electron chi connectivity index (χ4n) is 2.55. The molecule has 2 heteroatoms. The summed E-state index contributed by atoms with van der Waals surface area (Å²) in [6.07, 6.45) is 7.32. The zero-order chi connectivity index (χ0) is 13.8. The van der Waals surface area contributed by atoms with Crippen molar-refractivity contribution >= 4 is 0 Å². The molecule has 0 unspecified atom stereocenters. The maximum Gasteiger partial charge on any atom is 0.0205 e. The van der Waals surface area contributed by atoms with Gasteiger partial charge in [0.25, 0.3) is 0 Å². The number of benzene rings is 1. The summed E-state index contributed by atoms with van der Waals surface area (Å²) in [6.45, 7) is 5.37. The lowest BCUT2D eigenvalue weighted by Crippen LogP contribution is -2.20. The van der Waals surface area contributed by atoms with Crippen LogP contribution in [0.3, 0.4) is 0 Å². The van der Waals surface area contributed by atoms with Crippen molar-refractivity contribution in [2.24, 2.45) is 5.92 Å². The summed E-state index contributed by atoms with van der Waals surface area (Å²) in [5.41, 5.74) is 1.35. The van der Waals surface area contributed by atoms with E-state index in [0.717, 1.165) is 19.0 Å². The Morgan fingerprint density at radius 2 is 1.74 bits per heavy atom. The Bertz CT molecular complexity index is 289. The molecule has 0 radical (unpaired) electrons. The fourth-order valence-corrected chi connectivity index (χ4v) is 2.55. The molecule has 2 rings (SSSR count). The van der Waals surface area contributed by atoms with E-state index in [4.69, 9.17) is 0 Å². The summed E-state index contributed by atoms with van der Waals surface area (Å²) in [7, 11) is 2.05. The summed E-state index contributed by atoms with van der Waals surface area (Å²) in [6, 6.07) is 10.4. The molecule has 0 aromatic heterocycles. The zero-order valence-electron chi connectivity index (χ0n) is 12.6. The molecule has 0 heterocycles. The predicted octanol–water partition coefficient (Wildman–Crippen LogP) is 3.58. The molecule has 2 nitrogen and oxygen atoms in total. The maximum atomic E-state index is 3.26. The second-order valence-corrected chi connectivity index (χ2v) is 5.33. The first-order chi connectivity index (χ1) is 9.36. The highest BCUT2D eigenvalue weighted by Crippen LogP contribution is 2.22. The molecule has 1 fully saturated rings. The van der Waals surface area contributed by atoms with Gasteiger partial charge in [-0.25, -0.2) is 0 Å². The Morgan fingerprint density at radius 1 is 1.05 bits per heavy atom. The maximum absolute atomic E-state index is 3.26. The lowest BCUT2D eigenvalue weighted by atomic mass is 9.89. The Morgan fingerprint density at radius 3 is 2.32 bits per heavy atom. The molecule has 0 aliphatic heterocycles. The van der Waals surface area contributed by atoms with Crippen LogP contribution in [0, 0.1) is 5.92 Å². The minimum absolute atomic E-state index is 0.983. The van der Waals surface area contributed by atoms with Gasteiger partial charge in [0.2, 0.25) is 0 Å². The van der Waals surface area contributed by atoms with Gasteiger partial charge >= 0.3 is 0 Å². The number of rotatable bonds is 5. The third-order valence-corrected chi connectivity index (χ3v) is 3.64. The van der Waals surface area contributed by atoms with Crippen molar-refractivity contribution in [2.75, 3.05) is 20.1 Å². The van der Waals surface area contributed by atoms with Crippen LogP contribution in [0.1, 0.15) is 44.6 Å². The highest BCUT2D eigenvalue weighted by Gasteiger charge is 2.11. The molecule has 0 amide bonds. The lowest BCUT2D eigenvalue weighted by molar-refractivity contribution is 0.350. The summed E-state index contributed by atoms with van der Waals surface area (Å²) in [4.78, 5) is 0. The van der Waals surface area contributed by atoms with Crippen molar-refractivity contribution in [1.29, 1.82) is 0 Å². The highest BCUT2D eigenvalue weighted by molar-refractivity contribution is 5.14. The van der Waals surface area contributed by atoms with Gasteiger partial charge in [-0.15, -0.1) is 0 Å². The Labute approximate surface area is 119 Å². The first-order valence-electron chi connectivity index (χ1n) is 7.76. The van der Waals surface area contributed by atoms with E-state index in [9.17, 15) is 0 Å². The van der Waals surface area contributed by atoms with E-state index >= 15 is 0 Å². The van der Waals surface area contributed by atoms with Gasteiger partial charge in [-0.3, -0.25) is 0 Å². The van der Waals surface area contributed by atoms with Crippen molar-refractivity contribution in [2.45, 2.75) is 45.6 Å². The van der Waals surface area contributed by atoms with Gasteiger partial charge in [0.1, 0.15) is 0 Å².